The van der Waals surface area contributed by atoms with E-state index in [9.17, 15) is 0 Å². The average Bonchev–Trinajstić information content (AvgIpc) is 2.36. The van der Waals surface area contributed by atoms with Crippen LogP contribution in [-0.2, 0) is 6.54 Å². The minimum Gasteiger partial charge on any atom is -0.389 e. The van der Waals surface area contributed by atoms with Crippen molar-refractivity contribution >= 4 is 46.1 Å². The Morgan fingerprint density at radius 2 is 1.84 bits per heavy atom. The second-order valence-electron chi connectivity index (χ2n) is 4.04. The number of hydrogen-bond donors (Lipinski definition) is 2. The molecule has 98 valence electrons. The lowest BCUT2D eigenvalue weighted by atomic mass is 10.1. The van der Waals surface area contributed by atoms with E-state index >= 15 is 0 Å². The van der Waals surface area contributed by atoms with Gasteiger partial charge >= 0.3 is 0 Å². The number of anilines is 1. The van der Waals surface area contributed by atoms with Crippen molar-refractivity contribution in [1.29, 1.82) is 0 Å². The van der Waals surface area contributed by atoms with Gasteiger partial charge in [-0.1, -0.05) is 47.6 Å². The molecule has 0 heterocycles. The summed E-state index contributed by atoms with van der Waals surface area (Å²) in [5.41, 5.74) is 8.35. The summed E-state index contributed by atoms with van der Waals surface area (Å²) in [6.45, 7) is 0.622. The highest BCUT2D eigenvalue weighted by atomic mass is 35.5. The summed E-state index contributed by atoms with van der Waals surface area (Å²) >= 11 is 16.9. The fourth-order valence-electron chi connectivity index (χ4n) is 1.72. The predicted molar refractivity (Wildman–Crippen MR) is 86.1 cm³/mol. The third kappa shape index (κ3) is 3.83. The fourth-order valence-corrected chi connectivity index (χ4v) is 2.28. The van der Waals surface area contributed by atoms with Gasteiger partial charge in [-0.2, -0.15) is 0 Å². The third-order valence-corrected chi connectivity index (χ3v) is 3.31. The summed E-state index contributed by atoms with van der Waals surface area (Å²) in [6.07, 6.45) is 0. The molecule has 0 bridgehead atoms. The van der Waals surface area contributed by atoms with Crippen molar-refractivity contribution in [1.82, 2.24) is 0 Å². The maximum atomic E-state index is 5.98. The van der Waals surface area contributed by atoms with Crippen LogP contribution in [-0.4, -0.2) is 4.99 Å². The normalized spacial score (nSPS) is 10.2. The van der Waals surface area contributed by atoms with Crippen molar-refractivity contribution in [3.8, 4) is 0 Å². The highest BCUT2D eigenvalue weighted by Gasteiger charge is 2.06. The van der Waals surface area contributed by atoms with Crippen LogP contribution in [0.15, 0.2) is 42.5 Å². The van der Waals surface area contributed by atoms with Crippen LogP contribution in [0.3, 0.4) is 0 Å². The minimum atomic E-state index is 0.338. The van der Waals surface area contributed by atoms with Crippen LogP contribution in [0.2, 0.25) is 10.0 Å². The Morgan fingerprint density at radius 1 is 1.11 bits per heavy atom. The second-order valence-corrected chi connectivity index (χ2v) is 5.35. The predicted octanol–water partition coefficient (Wildman–Crippen LogP) is 4.24. The number of halogens is 2. The molecule has 0 aliphatic heterocycles. The van der Waals surface area contributed by atoms with E-state index in [2.05, 4.69) is 5.32 Å². The van der Waals surface area contributed by atoms with Gasteiger partial charge in [0.05, 0.1) is 0 Å². The van der Waals surface area contributed by atoms with E-state index in [1.54, 1.807) is 12.1 Å². The number of hydrogen-bond acceptors (Lipinski definition) is 2. The number of benzene rings is 2. The third-order valence-electron chi connectivity index (χ3n) is 2.62. The van der Waals surface area contributed by atoms with Gasteiger partial charge in [-0.05, 0) is 35.9 Å². The number of nitrogens with two attached hydrogens (primary N) is 1. The van der Waals surface area contributed by atoms with Crippen molar-refractivity contribution in [2.24, 2.45) is 5.73 Å². The van der Waals surface area contributed by atoms with Crippen molar-refractivity contribution in [3.63, 3.8) is 0 Å². The van der Waals surface area contributed by atoms with E-state index in [0.717, 1.165) is 16.8 Å². The van der Waals surface area contributed by atoms with E-state index in [-0.39, 0.29) is 0 Å². The highest BCUT2D eigenvalue weighted by Crippen LogP contribution is 2.22. The Balaban J connectivity index is 2.19. The summed E-state index contributed by atoms with van der Waals surface area (Å²) in [7, 11) is 0. The SMILES string of the molecule is NC(=S)c1ccc(Cl)cc1NCc1cccc(Cl)c1. The van der Waals surface area contributed by atoms with Crippen LogP contribution in [0.5, 0.6) is 0 Å². The summed E-state index contributed by atoms with van der Waals surface area (Å²) in [6, 6.07) is 13.0. The summed E-state index contributed by atoms with van der Waals surface area (Å²) in [4.78, 5) is 0.338. The molecule has 0 unspecified atom stereocenters. The molecule has 0 radical (unpaired) electrons. The minimum absolute atomic E-state index is 0.338. The first kappa shape index (κ1) is 14.1. The lowest BCUT2D eigenvalue weighted by molar-refractivity contribution is 1.15. The molecule has 2 rings (SSSR count). The van der Waals surface area contributed by atoms with Crippen LogP contribution in [0.1, 0.15) is 11.1 Å². The summed E-state index contributed by atoms with van der Waals surface area (Å²) in [5.74, 6) is 0. The number of nitrogens with one attached hydrogen (secondary N) is 1. The quantitative estimate of drug-likeness (QED) is 0.830. The largest absolute Gasteiger partial charge is 0.389 e. The van der Waals surface area contributed by atoms with E-state index in [0.29, 0.717) is 21.6 Å². The molecular formula is C14H12Cl2N2S. The molecule has 0 saturated heterocycles. The maximum Gasteiger partial charge on any atom is 0.106 e. The van der Waals surface area contributed by atoms with E-state index in [1.165, 1.54) is 0 Å². The van der Waals surface area contributed by atoms with Crippen molar-refractivity contribution in [2.45, 2.75) is 6.54 Å². The summed E-state index contributed by atoms with van der Waals surface area (Å²) in [5, 5.41) is 4.61. The average molecular weight is 311 g/mol. The van der Waals surface area contributed by atoms with Crippen LogP contribution >= 0.6 is 35.4 Å². The van der Waals surface area contributed by atoms with E-state index in [4.69, 9.17) is 41.2 Å². The standard InChI is InChI=1S/C14H12Cl2N2S/c15-10-3-1-2-9(6-10)8-18-13-7-11(16)4-5-12(13)14(17)19/h1-7,18H,8H2,(H2,17,19). The second kappa shape index (κ2) is 6.24. The van der Waals surface area contributed by atoms with Crippen LogP contribution in [0, 0.1) is 0 Å². The topological polar surface area (TPSA) is 38.0 Å². The molecule has 0 spiro atoms. The van der Waals surface area contributed by atoms with Gasteiger partial charge < -0.3 is 11.1 Å². The molecule has 2 aromatic rings. The van der Waals surface area contributed by atoms with Gasteiger partial charge in [0.2, 0.25) is 0 Å². The van der Waals surface area contributed by atoms with Crippen LogP contribution < -0.4 is 11.1 Å². The van der Waals surface area contributed by atoms with Gasteiger partial charge in [-0.15, -0.1) is 0 Å². The zero-order valence-corrected chi connectivity index (χ0v) is 12.3. The fraction of sp³-hybridized carbons (Fsp3) is 0.0714. The molecule has 0 amide bonds. The Morgan fingerprint density at radius 3 is 2.53 bits per heavy atom. The molecule has 2 nitrogen and oxygen atoms in total. The molecule has 0 fully saturated rings. The van der Waals surface area contributed by atoms with Gasteiger partial charge in [-0.25, -0.2) is 0 Å². The van der Waals surface area contributed by atoms with Crippen molar-refractivity contribution in [2.75, 3.05) is 5.32 Å². The first-order valence-electron chi connectivity index (χ1n) is 5.64. The van der Waals surface area contributed by atoms with Gasteiger partial charge in [0.25, 0.3) is 0 Å². The Hall–Kier alpha value is -1.29. The van der Waals surface area contributed by atoms with Gasteiger partial charge in [-0.3, -0.25) is 0 Å². The molecule has 0 aromatic heterocycles. The Bertz CT molecular complexity index is 614. The highest BCUT2D eigenvalue weighted by molar-refractivity contribution is 7.80. The van der Waals surface area contributed by atoms with Crippen LogP contribution in [0.4, 0.5) is 5.69 Å². The Kier molecular flexibility index (Phi) is 4.64. The van der Waals surface area contributed by atoms with Gasteiger partial charge in [0.1, 0.15) is 4.99 Å². The zero-order chi connectivity index (χ0) is 13.8. The number of rotatable bonds is 4. The first-order valence-corrected chi connectivity index (χ1v) is 6.80. The van der Waals surface area contributed by atoms with E-state index < -0.39 is 0 Å². The zero-order valence-electron chi connectivity index (χ0n) is 9.99. The molecule has 19 heavy (non-hydrogen) atoms. The summed E-state index contributed by atoms with van der Waals surface area (Å²) < 4.78 is 0. The van der Waals surface area contributed by atoms with Gasteiger partial charge in [0, 0.05) is 27.8 Å². The molecule has 2 aromatic carbocycles. The molecule has 0 aliphatic carbocycles. The molecular weight excluding hydrogens is 299 g/mol. The maximum absolute atomic E-state index is 5.98. The van der Waals surface area contributed by atoms with Gasteiger partial charge in [0.15, 0.2) is 0 Å². The molecule has 3 N–H and O–H groups in total. The van der Waals surface area contributed by atoms with Crippen molar-refractivity contribution in [3.05, 3.63) is 63.6 Å². The Labute approximate surface area is 127 Å². The van der Waals surface area contributed by atoms with Crippen molar-refractivity contribution < 1.29 is 0 Å². The lowest BCUT2D eigenvalue weighted by Crippen LogP contribution is -2.13. The smallest absolute Gasteiger partial charge is 0.106 e. The first-order chi connectivity index (χ1) is 9.06. The van der Waals surface area contributed by atoms with Crippen LogP contribution in [0.25, 0.3) is 0 Å². The molecule has 0 atom stereocenters. The molecule has 5 heteroatoms. The molecule has 0 saturated carbocycles. The lowest BCUT2D eigenvalue weighted by Gasteiger charge is -2.12. The molecule has 0 aliphatic rings. The number of thiocarbonyl (C=S) groups is 1. The monoisotopic (exact) mass is 310 g/mol. The van der Waals surface area contributed by atoms with E-state index in [1.807, 2.05) is 30.3 Å².